The number of nitrogens with zero attached hydrogens (tertiary/aromatic N) is 3. The zero-order valence-electron chi connectivity index (χ0n) is 18.3. The van der Waals surface area contributed by atoms with Gasteiger partial charge in [0.25, 0.3) is 0 Å². The maximum Gasteiger partial charge on any atom is 0.338 e. The van der Waals surface area contributed by atoms with Crippen molar-refractivity contribution in [1.82, 2.24) is 4.90 Å². The van der Waals surface area contributed by atoms with Crippen LogP contribution in [0.15, 0.2) is 53.7 Å². The lowest BCUT2D eigenvalue weighted by Gasteiger charge is -2.44. The molecule has 0 saturated carbocycles. The van der Waals surface area contributed by atoms with Gasteiger partial charge in [-0.1, -0.05) is 18.2 Å². The third-order valence-electron chi connectivity index (χ3n) is 6.06. The molecule has 0 saturated heterocycles. The molecule has 1 atom stereocenters. The lowest BCUT2D eigenvalue weighted by molar-refractivity contribution is -0.116. The average Bonchev–Trinajstić information content (AvgIpc) is 2.84. The number of ether oxygens (including phenoxy) is 1. The van der Waals surface area contributed by atoms with E-state index in [2.05, 4.69) is 0 Å². The molecule has 1 aliphatic carbocycles. The number of amides is 2. The Hall–Kier alpha value is -3.99. The van der Waals surface area contributed by atoms with Crippen LogP contribution in [0, 0.1) is 11.3 Å². The van der Waals surface area contributed by atoms with Crippen molar-refractivity contribution in [2.24, 2.45) is 0 Å². The predicted molar refractivity (Wildman–Crippen MR) is 118 cm³/mol. The number of urea groups is 1. The highest BCUT2D eigenvalue weighted by Gasteiger charge is 2.44. The van der Waals surface area contributed by atoms with Gasteiger partial charge in [0, 0.05) is 24.7 Å². The number of carbonyl (C=O) groups is 3. The molecule has 0 fully saturated rings. The molecule has 0 spiro atoms. The minimum Gasteiger partial charge on any atom is -0.465 e. The Labute approximate surface area is 190 Å². The lowest BCUT2D eigenvalue weighted by Crippen LogP contribution is -2.50. The van der Waals surface area contributed by atoms with Crippen molar-refractivity contribution in [3.8, 4) is 6.07 Å². The molecule has 4 rings (SSSR count). The van der Waals surface area contributed by atoms with E-state index in [4.69, 9.17) is 4.74 Å². The number of likely N-dealkylation sites (N-methyl/N-ethyl adjacent to an activating group) is 1. The fourth-order valence-electron chi connectivity index (χ4n) is 4.53. The molecule has 0 bridgehead atoms. The van der Waals surface area contributed by atoms with Gasteiger partial charge < -0.3 is 9.64 Å². The molecule has 0 radical (unpaired) electrons. The first-order chi connectivity index (χ1) is 15.9. The minimum atomic E-state index is -0.817. The second-order valence-corrected chi connectivity index (χ2v) is 7.98. The summed E-state index contributed by atoms with van der Waals surface area (Å²) in [7, 11) is 2.79. The van der Waals surface area contributed by atoms with Gasteiger partial charge in [-0.3, -0.25) is 9.69 Å². The standard InChI is InChI=1S/C25H22FN3O4/c1-28-23(18-10-9-16(14-27)12-19(18)24(31)33-2)22-20(7-4-8-21(22)30)29(25(28)32)17-6-3-5-15(11-17)13-26/h3,5-6,9-12,23H,4,7-8,13H2,1-2H3. The van der Waals surface area contributed by atoms with Gasteiger partial charge in [0.2, 0.25) is 0 Å². The Bertz CT molecular complexity index is 1230. The fourth-order valence-corrected chi connectivity index (χ4v) is 4.53. The second-order valence-electron chi connectivity index (χ2n) is 7.98. The number of rotatable bonds is 4. The molecule has 0 aromatic heterocycles. The van der Waals surface area contributed by atoms with Crippen LogP contribution in [0.5, 0.6) is 0 Å². The highest BCUT2D eigenvalue weighted by Crippen LogP contribution is 2.44. The van der Waals surface area contributed by atoms with Crippen molar-refractivity contribution in [2.45, 2.75) is 32.0 Å². The molecule has 8 heteroatoms. The quantitative estimate of drug-likeness (QED) is 0.647. The third kappa shape index (κ3) is 3.76. The molecule has 2 aromatic rings. The van der Waals surface area contributed by atoms with Gasteiger partial charge in [0.1, 0.15) is 6.67 Å². The Kier molecular flexibility index (Phi) is 5.97. The van der Waals surface area contributed by atoms with Crippen LogP contribution in [-0.2, 0) is 16.2 Å². The van der Waals surface area contributed by atoms with E-state index in [9.17, 15) is 24.0 Å². The third-order valence-corrected chi connectivity index (χ3v) is 6.06. The number of benzene rings is 2. The summed E-state index contributed by atoms with van der Waals surface area (Å²) in [6, 6.07) is 11.9. The largest absolute Gasteiger partial charge is 0.465 e. The Morgan fingerprint density at radius 3 is 2.70 bits per heavy atom. The molecule has 1 unspecified atom stereocenters. The van der Waals surface area contributed by atoms with E-state index >= 15 is 0 Å². The minimum absolute atomic E-state index is 0.118. The lowest BCUT2D eigenvalue weighted by atomic mass is 9.82. The number of esters is 1. The number of Topliss-reactive ketones (excluding diaryl/α,β-unsaturated/α-hetero) is 1. The summed E-state index contributed by atoms with van der Waals surface area (Å²) in [5.41, 5.74) is 2.68. The molecule has 7 nitrogen and oxygen atoms in total. The summed E-state index contributed by atoms with van der Waals surface area (Å²) >= 11 is 0. The highest BCUT2D eigenvalue weighted by atomic mass is 19.1. The topological polar surface area (TPSA) is 90.7 Å². The van der Waals surface area contributed by atoms with E-state index in [1.807, 2.05) is 6.07 Å². The number of hydrogen-bond donors (Lipinski definition) is 0. The molecule has 0 N–H and O–H groups in total. The molecular formula is C25H22FN3O4. The van der Waals surface area contributed by atoms with Crippen LogP contribution < -0.4 is 4.90 Å². The van der Waals surface area contributed by atoms with E-state index in [1.165, 1.54) is 23.0 Å². The van der Waals surface area contributed by atoms with Crippen molar-refractivity contribution in [1.29, 1.82) is 5.26 Å². The predicted octanol–water partition coefficient (Wildman–Crippen LogP) is 4.43. The summed E-state index contributed by atoms with van der Waals surface area (Å²) in [6.07, 6.45) is 1.39. The van der Waals surface area contributed by atoms with Crippen molar-refractivity contribution in [3.05, 3.63) is 76.0 Å². The molecular weight excluding hydrogens is 425 g/mol. The molecule has 33 heavy (non-hydrogen) atoms. The molecule has 1 aliphatic heterocycles. The van der Waals surface area contributed by atoms with Crippen molar-refractivity contribution < 1.29 is 23.5 Å². The van der Waals surface area contributed by atoms with Crippen LogP contribution in [0.4, 0.5) is 14.9 Å². The van der Waals surface area contributed by atoms with E-state index in [-0.39, 0.29) is 16.9 Å². The van der Waals surface area contributed by atoms with Gasteiger partial charge in [-0.15, -0.1) is 0 Å². The summed E-state index contributed by atoms with van der Waals surface area (Å²) in [6.45, 7) is -0.674. The number of carbonyl (C=O) groups excluding carboxylic acids is 3. The number of nitriles is 1. The van der Waals surface area contributed by atoms with Crippen LogP contribution >= 0.6 is 0 Å². The Morgan fingerprint density at radius 1 is 1.21 bits per heavy atom. The molecule has 1 heterocycles. The summed E-state index contributed by atoms with van der Waals surface area (Å²) in [4.78, 5) is 42.2. The first-order valence-corrected chi connectivity index (χ1v) is 10.5. The van der Waals surface area contributed by atoms with E-state index in [0.717, 1.165) is 0 Å². The second kappa shape index (κ2) is 8.87. The van der Waals surface area contributed by atoms with Crippen LogP contribution in [-0.4, -0.2) is 36.8 Å². The van der Waals surface area contributed by atoms with Gasteiger partial charge in [0.15, 0.2) is 5.78 Å². The number of hydrogen-bond acceptors (Lipinski definition) is 5. The van der Waals surface area contributed by atoms with Crippen molar-refractivity contribution in [3.63, 3.8) is 0 Å². The van der Waals surface area contributed by atoms with Gasteiger partial charge >= 0.3 is 12.0 Å². The van der Waals surface area contributed by atoms with Gasteiger partial charge in [-0.2, -0.15) is 5.26 Å². The Balaban J connectivity index is 1.95. The van der Waals surface area contributed by atoms with E-state index in [1.54, 1.807) is 43.4 Å². The molecule has 2 aromatic carbocycles. The number of allylic oxidation sites excluding steroid dienone is 1. The molecule has 2 aliphatic rings. The zero-order valence-corrected chi connectivity index (χ0v) is 18.3. The number of halogens is 1. The zero-order chi connectivity index (χ0) is 23.7. The molecule has 168 valence electrons. The number of alkyl halides is 1. The average molecular weight is 447 g/mol. The SMILES string of the molecule is COC(=O)c1cc(C#N)ccc1C1C2=C(CCCC2=O)N(c2cccc(CF)c2)C(=O)N1C. The summed E-state index contributed by atoms with van der Waals surface area (Å²) < 4.78 is 18.2. The summed E-state index contributed by atoms with van der Waals surface area (Å²) in [5.74, 6) is -0.779. The van der Waals surface area contributed by atoms with Crippen LogP contribution in [0.2, 0.25) is 0 Å². The monoisotopic (exact) mass is 447 g/mol. The first kappa shape index (κ1) is 22.2. The van der Waals surface area contributed by atoms with Gasteiger partial charge in [-0.25, -0.2) is 14.0 Å². The maximum absolute atomic E-state index is 13.6. The highest BCUT2D eigenvalue weighted by molar-refractivity contribution is 6.07. The number of methoxy groups -OCH3 is 1. The van der Waals surface area contributed by atoms with Crippen molar-refractivity contribution >= 4 is 23.5 Å². The maximum atomic E-state index is 13.6. The van der Waals surface area contributed by atoms with Crippen LogP contribution in [0.25, 0.3) is 0 Å². The normalized spacial score (nSPS) is 18.2. The number of anilines is 1. The Morgan fingerprint density at radius 2 is 2.00 bits per heavy atom. The van der Waals surface area contributed by atoms with Gasteiger partial charge in [-0.05, 0) is 48.2 Å². The van der Waals surface area contributed by atoms with Crippen LogP contribution in [0.3, 0.4) is 0 Å². The fraction of sp³-hybridized carbons (Fsp3) is 0.280. The van der Waals surface area contributed by atoms with Gasteiger partial charge in [0.05, 0.1) is 36.0 Å². The number of ketones is 1. The summed E-state index contributed by atoms with van der Waals surface area (Å²) in [5, 5.41) is 9.28. The van der Waals surface area contributed by atoms with Crippen molar-refractivity contribution in [2.75, 3.05) is 19.1 Å². The first-order valence-electron chi connectivity index (χ1n) is 10.5. The smallest absolute Gasteiger partial charge is 0.338 e. The molecule has 2 amide bonds. The van der Waals surface area contributed by atoms with E-state index in [0.29, 0.717) is 47.3 Å². The van der Waals surface area contributed by atoms with Crippen LogP contribution in [0.1, 0.15) is 52.4 Å². The van der Waals surface area contributed by atoms with E-state index < -0.39 is 24.7 Å².